The van der Waals surface area contributed by atoms with E-state index in [0.717, 1.165) is 30.6 Å². The number of hydrogen-bond acceptors (Lipinski definition) is 4. The number of likely N-dealkylation sites (tertiary alicyclic amines) is 1. The Hall–Kier alpha value is -2.21. The number of aromatic nitrogens is 3. The molecule has 0 aliphatic carbocycles. The molecule has 2 aromatic rings. The van der Waals surface area contributed by atoms with Crippen LogP contribution in [0.25, 0.3) is 0 Å². The van der Waals surface area contributed by atoms with Crippen LogP contribution in [-0.2, 0) is 6.54 Å². The Morgan fingerprint density at radius 1 is 1.50 bits per heavy atom. The van der Waals surface area contributed by atoms with Crippen molar-refractivity contribution in [1.29, 1.82) is 0 Å². The highest BCUT2D eigenvalue weighted by molar-refractivity contribution is 5.86. The van der Waals surface area contributed by atoms with Crippen LogP contribution in [0.3, 0.4) is 0 Å². The first kappa shape index (κ1) is 12.8. The zero-order valence-electron chi connectivity index (χ0n) is 11.0. The van der Waals surface area contributed by atoms with Gasteiger partial charge in [-0.3, -0.25) is 15.0 Å². The maximum Gasteiger partial charge on any atom is 0.354 e. The summed E-state index contributed by atoms with van der Waals surface area (Å²) in [6.07, 6.45) is 5.54. The quantitative estimate of drug-likeness (QED) is 0.887. The number of aromatic amines is 1. The molecular formula is C14H16N4O2. The number of H-pyrrole nitrogens is 1. The Kier molecular flexibility index (Phi) is 3.47. The molecule has 2 aromatic heterocycles. The monoisotopic (exact) mass is 272 g/mol. The number of carbonyl (C=O) groups is 1. The second-order valence-corrected chi connectivity index (χ2v) is 4.96. The van der Waals surface area contributed by atoms with Crippen LogP contribution in [0.2, 0.25) is 0 Å². The summed E-state index contributed by atoms with van der Waals surface area (Å²) in [5.41, 5.74) is 1.95. The third kappa shape index (κ3) is 2.42. The summed E-state index contributed by atoms with van der Waals surface area (Å²) in [5.74, 6) is -0.967. The average molecular weight is 272 g/mol. The summed E-state index contributed by atoms with van der Waals surface area (Å²) in [4.78, 5) is 17.8. The van der Waals surface area contributed by atoms with Crippen LogP contribution in [0.5, 0.6) is 0 Å². The van der Waals surface area contributed by atoms with E-state index in [1.165, 1.54) is 0 Å². The number of aromatic carboxylic acids is 1. The molecular weight excluding hydrogens is 256 g/mol. The molecule has 0 bridgehead atoms. The zero-order valence-corrected chi connectivity index (χ0v) is 11.0. The van der Waals surface area contributed by atoms with Crippen molar-refractivity contribution in [3.8, 4) is 0 Å². The minimum Gasteiger partial charge on any atom is -0.477 e. The Morgan fingerprint density at radius 2 is 2.40 bits per heavy atom. The van der Waals surface area contributed by atoms with Crippen molar-refractivity contribution in [1.82, 2.24) is 20.1 Å². The zero-order chi connectivity index (χ0) is 13.9. The molecule has 1 unspecified atom stereocenters. The first-order valence-electron chi connectivity index (χ1n) is 6.66. The van der Waals surface area contributed by atoms with E-state index in [4.69, 9.17) is 5.11 Å². The van der Waals surface area contributed by atoms with Crippen LogP contribution in [0.1, 0.15) is 40.6 Å². The van der Waals surface area contributed by atoms with Gasteiger partial charge in [0, 0.05) is 18.3 Å². The van der Waals surface area contributed by atoms with Crippen molar-refractivity contribution in [2.75, 3.05) is 6.54 Å². The first-order valence-corrected chi connectivity index (χ1v) is 6.66. The lowest BCUT2D eigenvalue weighted by molar-refractivity contribution is 0.0687. The molecule has 1 atom stereocenters. The van der Waals surface area contributed by atoms with Gasteiger partial charge in [-0.25, -0.2) is 4.79 Å². The van der Waals surface area contributed by atoms with Gasteiger partial charge in [0.15, 0.2) is 0 Å². The molecule has 0 radical (unpaired) electrons. The molecule has 1 fully saturated rings. The molecule has 104 valence electrons. The van der Waals surface area contributed by atoms with Crippen LogP contribution >= 0.6 is 0 Å². The van der Waals surface area contributed by atoms with Crippen molar-refractivity contribution < 1.29 is 9.90 Å². The number of rotatable bonds is 4. The summed E-state index contributed by atoms with van der Waals surface area (Å²) in [5, 5.41) is 15.5. The van der Waals surface area contributed by atoms with Crippen LogP contribution in [-0.4, -0.2) is 37.7 Å². The number of hydrogen-bond donors (Lipinski definition) is 2. The van der Waals surface area contributed by atoms with E-state index in [1.54, 1.807) is 12.4 Å². The molecule has 6 heteroatoms. The van der Waals surface area contributed by atoms with E-state index in [2.05, 4.69) is 20.1 Å². The maximum atomic E-state index is 11.1. The molecule has 3 rings (SSSR count). The highest BCUT2D eigenvalue weighted by Gasteiger charge is 2.28. The summed E-state index contributed by atoms with van der Waals surface area (Å²) in [6, 6.07) is 6.17. The Labute approximate surface area is 116 Å². The van der Waals surface area contributed by atoms with E-state index < -0.39 is 5.97 Å². The molecule has 0 saturated carbocycles. The second kappa shape index (κ2) is 5.42. The van der Waals surface area contributed by atoms with E-state index in [9.17, 15) is 4.79 Å². The van der Waals surface area contributed by atoms with Gasteiger partial charge in [0.25, 0.3) is 0 Å². The molecule has 1 aliphatic heterocycles. The first-order chi connectivity index (χ1) is 9.75. The van der Waals surface area contributed by atoms with E-state index >= 15 is 0 Å². The van der Waals surface area contributed by atoms with Gasteiger partial charge in [0.1, 0.15) is 5.69 Å². The summed E-state index contributed by atoms with van der Waals surface area (Å²) in [7, 11) is 0. The third-order valence-electron chi connectivity index (χ3n) is 3.70. The van der Waals surface area contributed by atoms with Crippen molar-refractivity contribution >= 4 is 5.97 Å². The summed E-state index contributed by atoms with van der Waals surface area (Å²) in [6.45, 7) is 1.53. The lowest BCUT2D eigenvalue weighted by atomic mass is 10.1. The average Bonchev–Trinajstić information content (AvgIpc) is 3.09. The van der Waals surface area contributed by atoms with E-state index in [1.807, 2.05) is 18.2 Å². The van der Waals surface area contributed by atoms with Crippen LogP contribution in [0.15, 0.2) is 30.6 Å². The van der Waals surface area contributed by atoms with Crippen molar-refractivity contribution in [3.63, 3.8) is 0 Å². The van der Waals surface area contributed by atoms with E-state index in [0.29, 0.717) is 6.54 Å². The Bertz CT molecular complexity index is 596. The van der Waals surface area contributed by atoms with Crippen molar-refractivity contribution in [2.45, 2.75) is 25.4 Å². The van der Waals surface area contributed by atoms with Crippen molar-refractivity contribution in [2.24, 2.45) is 0 Å². The molecule has 1 aliphatic rings. The predicted octanol–water partition coefficient (Wildman–Crippen LogP) is 1.84. The lowest BCUT2D eigenvalue weighted by Gasteiger charge is -2.23. The topological polar surface area (TPSA) is 82.1 Å². The Balaban J connectivity index is 1.80. The molecule has 20 heavy (non-hydrogen) atoms. The van der Waals surface area contributed by atoms with Gasteiger partial charge in [-0.05, 0) is 31.5 Å². The fourth-order valence-electron chi connectivity index (χ4n) is 2.76. The van der Waals surface area contributed by atoms with Crippen molar-refractivity contribution in [3.05, 3.63) is 47.5 Å². The highest BCUT2D eigenvalue weighted by atomic mass is 16.4. The largest absolute Gasteiger partial charge is 0.477 e. The van der Waals surface area contributed by atoms with Gasteiger partial charge in [-0.1, -0.05) is 6.07 Å². The van der Waals surface area contributed by atoms with Crippen LogP contribution in [0.4, 0.5) is 0 Å². The number of pyridine rings is 1. The van der Waals surface area contributed by atoms with Crippen LogP contribution < -0.4 is 0 Å². The predicted molar refractivity (Wildman–Crippen MR) is 72.2 cm³/mol. The number of carboxylic acids is 1. The van der Waals surface area contributed by atoms with Gasteiger partial charge in [0.05, 0.1) is 17.9 Å². The fourth-order valence-corrected chi connectivity index (χ4v) is 2.76. The van der Waals surface area contributed by atoms with Crippen LogP contribution in [0, 0.1) is 0 Å². The number of carboxylic acid groups (broad SMARTS) is 1. The number of nitrogens with one attached hydrogen (secondary N) is 1. The fraction of sp³-hybridized carbons (Fsp3) is 0.357. The third-order valence-corrected chi connectivity index (χ3v) is 3.70. The molecule has 3 heterocycles. The SMILES string of the molecule is O=C(O)c1[nH]ncc1CN1CCCC1c1ccccn1. The second-order valence-electron chi connectivity index (χ2n) is 4.96. The van der Waals surface area contributed by atoms with Gasteiger partial charge < -0.3 is 5.11 Å². The smallest absolute Gasteiger partial charge is 0.354 e. The Morgan fingerprint density at radius 3 is 3.15 bits per heavy atom. The van der Waals surface area contributed by atoms with Gasteiger partial charge in [0.2, 0.25) is 0 Å². The molecule has 0 spiro atoms. The molecule has 2 N–H and O–H groups in total. The van der Waals surface area contributed by atoms with E-state index in [-0.39, 0.29) is 11.7 Å². The number of nitrogens with zero attached hydrogens (tertiary/aromatic N) is 3. The summed E-state index contributed by atoms with van der Waals surface area (Å²) < 4.78 is 0. The molecule has 0 aromatic carbocycles. The van der Waals surface area contributed by atoms with Gasteiger partial charge in [-0.15, -0.1) is 0 Å². The lowest BCUT2D eigenvalue weighted by Crippen LogP contribution is -2.24. The minimum atomic E-state index is -0.967. The van der Waals surface area contributed by atoms with Gasteiger partial charge in [-0.2, -0.15) is 5.10 Å². The summed E-state index contributed by atoms with van der Waals surface area (Å²) >= 11 is 0. The van der Waals surface area contributed by atoms with Gasteiger partial charge >= 0.3 is 5.97 Å². The highest BCUT2D eigenvalue weighted by Crippen LogP contribution is 2.32. The molecule has 1 saturated heterocycles. The standard InChI is InChI=1S/C14H16N4O2/c19-14(20)13-10(8-16-17-13)9-18-7-3-5-12(18)11-4-1-2-6-15-11/h1-2,4,6,8,12H,3,5,7,9H2,(H,16,17)(H,19,20). The normalized spacial score (nSPS) is 19.3. The molecule has 6 nitrogen and oxygen atoms in total. The minimum absolute atomic E-state index is 0.177. The molecule has 0 amide bonds. The maximum absolute atomic E-state index is 11.1.